The SMILES string of the molecule is Cc1cc(C(=O)N2CCN(C)CC2)cc(C)c1Cl. The smallest absolute Gasteiger partial charge is 0.253 e. The Morgan fingerprint density at radius 1 is 1.11 bits per heavy atom. The van der Waals surface area contributed by atoms with Crippen LogP contribution in [0.25, 0.3) is 0 Å². The number of carbonyl (C=O) groups is 1. The fourth-order valence-electron chi connectivity index (χ4n) is 2.26. The first-order valence-corrected chi connectivity index (χ1v) is 6.61. The molecule has 0 atom stereocenters. The van der Waals surface area contributed by atoms with Crippen molar-refractivity contribution in [3.63, 3.8) is 0 Å². The Balaban J connectivity index is 2.19. The molecule has 0 aromatic heterocycles. The number of amides is 1. The predicted molar refractivity (Wildman–Crippen MR) is 74.3 cm³/mol. The van der Waals surface area contributed by atoms with Gasteiger partial charge < -0.3 is 9.80 Å². The molecule has 0 spiro atoms. The molecule has 0 bridgehead atoms. The van der Waals surface area contributed by atoms with Gasteiger partial charge in [-0.15, -0.1) is 0 Å². The van der Waals surface area contributed by atoms with Crippen molar-refractivity contribution < 1.29 is 4.79 Å². The Labute approximate surface area is 113 Å². The van der Waals surface area contributed by atoms with Crippen LogP contribution in [0.15, 0.2) is 12.1 Å². The van der Waals surface area contributed by atoms with Crippen LogP contribution in [0.2, 0.25) is 5.02 Å². The van der Waals surface area contributed by atoms with Gasteiger partial charge in [0.25, 0.3) is 5.91 Å². The molecule has 1 aromatic rings. The van der Waals surface area contributed by atoms with Gasteiger partial charge in [0.1, 0.15) is 0 Å². The van der Waals surface area contributed by atoms with Crippen LogP contribution in [0.4, 0.5) is 0 Å². The number of nitrogens with zero attached hydrogens (tertiary/aromatic N) is 2. The molecule has 0 saturated carbocycles. The first-order chi connectivity index (χ1) is 8.49. The lowest BCUT2D eigenvalue weighted by atomic mass is 10.1. The van der Waals surface area contributed by atoms with Crippen LogP contribution in [-0.4, -0.2) is 48.9 Å². The zero-order valence-electron chi connectivity index (χ0n) is 11.2. The maximum absolute atomic E-state index is 12.4. The van der Waals surface area contributed by atoms with Crippen LogP contribution in [-0.2, 0) is 0 Å². The van der Waals surface area contributed by atoms with Crippen LogP contribution < -0.4 is 0 Å². The lowest BCUT2D eigenvalue weighted by molar-refractivity contribution is 0.0664. The van der Waals surface area contributed by atoms with Gasteiger partial charge in [0.2, 0.25) is 0 Å². The highest BCUT2D eigenvalue weighted by Crippen LogP contribution is 2.22. The predicted octanol–water partition coefficient (Wildman–Crippen LogP) is 2.34. The van der Waals surface area contributed by atoms with E-state index in [1.807, 2.05) is 30.9 Å². The Kier molecular flexibility index (Phi) is 3.93. The molecule has 3 nitrogen and oxygen atoms in total. The summed E-state index contributed by atoms with van der Waals surface area (Å²) in [5, 5.41) is 0.755. The summed E-state index contributed by atoms with van der Waals surface area (Å²) in [4.78, 5) is 16.5. The van der Waals surface area contributed by atoms with Gasteiger partial charge >= 0.3 is 0 Å². The van der Waals surface area contributed by atoms with E-state index in [0.717, 1.165) is 47.9 Å². The van der Waals surface area contributed by atoms with E-state index in [4.69, 9.17) is 11.6 Å². The highest BCUT2D eigenvalue weighted by Gasteiger charge is 2.21. The van der Waals surface area contributed by atoms with Crippen molar-refractivity contribution in [2.75, 3.05) is 33.2 Å². The van der Waals surface area contributed by atoms with E-state index in [9.17, 15) is 4.79 Å². The summed E-state index contributed by atoms with van der Waals surface area (Å²) >= 11 is 6.13. The maximum Gasteiger partial charge on any atom is 0.253 e. The molecule has 1 aliphatic rings. The fourth-order valence-corrected chi connectivity index (χ4v) is 2.37. The van der Waals surface area contributed by atoms with Crippen LogP contribution in [0.3, 0.4) is 0 Å². The van der Waals surface area contributed by atoms with Crippen LogP contribution in [0, 0.1) is 13.8 Å². The van der Waals surface area contributed by atoms with Crippen molar-refractivity contribution >= 4 is 17.5 Å². The number of hydrogen-bond donors (Lipinski definition) is 0. The lowest BCUT2D eigenvalue weighted by Crippen LogP contribution is -2.47. The Morgan fingerprint density at radius 3 is 2.11 bits per heavy atom. The Bertz CT molecular complexity index is 442. The van der Waals surface area contributed by atoms with Crippen molar-refractivity contribution in [3.8, 4) is 0 Å². The standard InChI is InChI=1S/C14H19ClN2O/c1-10-8-12(9-11(2)13(10)15)14(18)17-6-4-16(3)5-7-17/h8-9H,4-7H2,1-3H3. The van der Waals surface area contributed by atoms with E-state index in [1.54, 1.807) is 0 Å². The number of piperazine rings is 1. The molecule has 1 saturated heterocycles. The minimum Gasteiger partial charge on any atom is -0.336 e. The van der Waals surface area contributed by atoms with Gasteiger partial charge in [0, 0.05) is 36.8 Å². The largest absolute Gasteiger partial charge is 0.336 e. The van der Waals surface area contributed by atoms with E-state index in [2.05, 4.69) is 11.9 Å². The molecular weight excluding hydrogens is 248 g/mol. The normalized spacial score (nSPS) is 17.0. The molecule has 1 aliphatic heterocycles. The van der Waals surface area contributed by atoms with Gasteiger partial charge in [-0.1, -0.05) is 11.6 Å². The van der Waals surface area contributed by atoms with E-state index in [-0.39, 0.29) is 5.91 Å². The summed E-state index contributed by atoms with van der Waals surface area (Å²) in [6, 6.07) is 3.77. The zero-order valence-corrected chi connectivity index (χ0v) is 11.9. The molecular formula is C14H19ClN2O. The maximum atomic E-state index is 12.4. The minimum absolute atomic E-state index is 0.117. The zero-order chi connectivity index (χ0) is 13.3. The molecule has 0 aliphatic carbocycles. The molecule has 1 heterocycles. The average molecular weight is 267 g/mol. The Morgan fingerprint density at radius 2 is 1.61 bits per heavy atom. The third-order valence-corrected chi connectivity index (χ3v) is 4.07. The number of aryl methyl sites for hydroxylation is 2. The van der Waals surface area contributed by atoms with Crippen molar-refractivity contribution in [2.24, 2.45) is 0 Å². The van der Waals surface area contributed by atoms with Crippen LogP contribution in [0.1, 0.15) is 21.5 Å². The third-order valence-electron chi connectivity index (χ3n) is 3.47. The quantitative estimate of drug-likeness (QED) is 0.779. The molecule has 18 heavy (non-hydrogen) atoms. The number of benzene rings is 1. The Hall–Kier alpha value is -1.06. The van der Waals surface area contributed by atoms with E-state index in [0.29, 0.717) is 0 Å². The second-order valence-corrected chi connectivity index (χ2v) is 5.40. The molecule has 98 valence electrons. The minimum atomic E-state index is 0.117. The highest BCUT2D eigenvalue weighted by molar-refractivity contribution is 6.32. The second kappa shape index (κ2) is 5.29. The molecule has 0 radical (unpaired) electrons. The van der Waals surface area contributed by atoms with Crippen molar-refractivity contribution in [1.82, 2.24) is 9.80 Å². The van der Waals surface area contributed by atoms with Gasteiger partial charge in [-0.25, -0.2) is 0 Å². The van der Waals surface area contributed by atoms with Crippen LogP contribution >= 0.6 is 11.6 Å². The monoisotopic (exact) mass is 266 g/mol. The van der Waals surface area contributed by atoms with Gasteiger partial charge in [-0.2, -0.15) is 0 Å². The van der Waals surface area contributed by atoms with Crippen molar-refractivity contribution in [2.45, 2.75) is 13.8 Å². The number of hydrogen-bond acceptors (Lipinski definition) is 2. The summed E-state index contributed by atoms with van der Waals surface area (Å²) in [5.41, 5.74) is 2.68. The van der Waals surface area contributed by atoms with Crippen molar-refractivity contribution in [1.29, 1.82) is 0 Å². The van der Waals surface area contributed by atoms with Gasteiger partial charge in [0.15, 0.2) is 0 Å². The summed E-state index contributed by atoms with van der Waals surface area (Å²) in [6.07, 6.45) is 0. The summed E-state index contributed by atoms with van der Waals surface area (Å²) in [5.74, 6) is 0.117. The molecule has 2 rings (SSSR count). The molecule has 1 fully saturated rings. The van der Waals surface area contributed by atoms with Crippen LogP contribution in [0.5, 0.6) is 0 Å². The van der Waals surface area contributed by atoms with Gasteiger partial charge in [-0.05, 0) is 44.2 Å². The first kappa shape index (κ1) is 13.4. The number of rotatable bonds is 1. The average Bonchev–Trinajstić information content (AvgIpc) is 2.35. The number of likely N-dealkylation sites (N-methyl/N-ethyl adjacent to an activating group) is 1. The summed E-state index contributed by atoms with van der Waals surface area (Å²) in [7, 11) is 2.08. The molecule has 1 amide bonds. The lowest BCUT2D eigenvalue weighted by Gasteiger charge is -2.32. The summed E-state index contributed by atoms with van der Waals surface area (Å²) in [6.45, 7) is 7.37. The molecule has 1 aromatic carbocycles. The van der Waals surface area contributed by atoms with E-state index in [1.165, 1.54) is 0 Å². The third kappa shape index (κ3) is 2.68. The molecule has 0 unspecified atom stereocenters. The fraction of sp³-hybridized carbons (Fsp3) is 0.500. The van der Waals surface area contributed by atoms with Crippen molar-refractivity contribution in [3.05, 3.63) is 33.8 Å². The molecule has 0 N–H and O–H groups in total. The molecule has 4 heteroatoms. The first-order valence-electron chi connectivity index (χ1n) is 6.23. The number of halogens is 1. The van der Waals surface area contributed by atoms with E-state index >= 15 is 0 Å². The second-order valence-electron chi connectivity index (χ2n) is 5.02. The van der Waals surface area contributed by atoms with E-state index < -0.39 is 0 Å². The van der Waals surface area contributed by atoms with Gasteiger partial charge in [-0.3, -0.25) is 4.79 Å². The summed E-state index contributed by atoms with van der Waals surface area (Å²) < 4.78 is 0. The topological polar surface area (TPSA) is 23.6 Å². The van der Waals surface area contributed by atoms with Gasteiger partial charge in [0.05, 0.1) is 0 Å². The number of carbonyl (C=O) groups excluding carboxylic acids is 1. The highest BCUT2D eigenvalue weighted by atomic mass is 35.5.